The van der Waals surface area contributed by atoms with Gasteiger partial charge in [0.2, 0.25) is 10.3 Å². The third-order valence-electron chi connectivity index (χ3n) is 4.54. The van der Waals surface area contributed by atoms with E-state index in [-0.39, 0.29) is 0 Å². The highest BCUT2D eigenvalue weighted by atomic mass is 32.2. The molecule has 0 spiro atoms. The molecule has 4 N–H and O–H groups in total. The summed E-state index contributed by atoms with van der Waals surface area (Å²) in [5, 5.41) is 22.3. The first-order valence-electron chi connectivity index (χ1n) is 9.51. The van der Waals surface area contributed by atoms with Crippen LogP contribution in [-0.4, -0.2) is 29.7 Å². The van der Waals surface area contributed by atoms with Crippen LogP contribution in [0.3, 0.4) is 0 Å². The highest BCUT2D eigenvalue weighted by Crippen LogP contribution is 2.29. The van der Waals surface area contributed by atoms with E-state index >= 15 is 0 Å². The van der Waals surface area contributed by atoms with Gasteiger partial charge in [-0.15, -0.1) is 43.1 Å². The average molecular weight is 499 g/mol. The van der Waals surface area contributed by atoms with E-state index in [1.807, 2.05) is 35.0 Å². The summed E-state index contributed by atoms with van der Waals surface area (Å²) in [6.45, 7) is 0. The van der Waals surface area contributed by atoms with Crippen LogP contribution in [0.5, 0.6) is 0 Å². The molecule has 4 aromatic heterocycles. The third-order valence-corrected chi connectivity index (χ3v) is 8.30. The first-order valence-corrected chi connectivity index (χ1v) is 13.2. The Morgan fingerprint density at radius 3 is 1.62 bits per heavy atom. The molecule has 0 aliphatic rings. The van der Waals surface area contributed by atoms with Gasteiger partial charge in [-0.25, -0.2) is 9.35 Å². The van der Waals surface area contributed by atoms with Crippen molar-refractivity contribution < 1.29 is 0 Å². The van der Waals surface area contributed by atoms with Crippen molar-refractivity contribution in [3.63, 3.8) is 0 Å². The normalized spacial score (nSPS) is 11.2. The quantitative estimate of drug-likeness (QED) is 0.240. The number of nitrogen functional groups attached to an aromatic ring is 2. The van der Waals surface area contributed by atoms with Crippen molar-refractivity contribution in [2.24, 2.45) is 0 Å². The molecule has 8 nitrogen and oxygen atoms in total. The molecule has 5 aromatic rings. The molecule has 162 valence electrons. The lowest BCUT2D eigenvalue weighted by atomic mass is 10.2. The van der Waals surface area contributed by atoms with E-state index in [0.29, 0.717) is 22.0 Å². The molecule has 4 heterocycles. The summed E-state index contributed by atoms with van der Waals surface area (Å²) in [7, 11) is 0. The van der Waals surface area contributed by atoms with Gasteiger partial charge in [0.1, 0.15) is 0 Å². The van der Waals surface area contributed by atoms with E-state index in [1.54, 1.807) is 55.5 Å². The number of rotatable bonds is 8. The summed E-state index contributed by atoms with van der Waals surface area (Å²) in [6, 6.07) is 16.3. The van der Waals surface area contributed by atoms with Crippen molar-refractivity contribution in [1.82, 2.24) is 29.7 Å². The lowest BCUT2D eigenvalue weighted by molar-refractivity contribution is 0.850. The van der Waals surface area contributed by atoms with Crippen LogP contribution in [0.1, 0.15) is 11.1 Å². The molecule has 0 saturated heterocycles. The Labute approximate surface area is 200 Å². The molecule has 0 aliphatic carbocycles. The lowest BCUT2D eigenvalue weighted by Gasteiger charge is -2.06. The maximum absolute atomic E-state index is 6.20. The first kappa shape index (κ1) is 21.1. The van der Waals surface area contributed by atoms with Crippen LogP contribution in [0.4, 0.5) is 0 Å². The molecule has 1 aromatic carbocycles. The van der Waals surface area contributed by atoms with Gasteiger partial charge >= 0.3 is 0 Å². The average Bonchev–Trinajstić information content (AvgIpc) is 3.60. The van der Waals surface area contributed by atoms with Crippen LogP contribution in [0.25, 0.3) is 21.4 Å². The van der Waals surface area contributed by atoms with E-state index in [9.17, 15) is 0 Å². The van der Waals surface area contributed by atoms with Crippen molar-refractivity contribution in [3.05, 3.63) is 70.4 Å². The highest BCUT2D eigenvalue weighted by molar-refractivity contribution is 7.98. The summed E-state index contributed by atoms with van der Waals surface area (Å²) in [5.74, 6) is 15.2. The van der Waals surface area contributed by atoms with Crippen molar-refractivity contribution in [2.45, 2.75) is 21.8 Å². The molecule has 0 radical (unpaired) electrons. The number of aromatic nitrogens is 6. The van der Waals surface area contributed by atoms with Gasteiger partial charge in [0.25, 0.3) is 0 Å². The number of hydrogen-bond donors (Lipinski definition) is 2. The minimum atomic E-state index is 0.681. The Morgan fingerprint density at radius 1 is 0.688 bits per heavy atom. The van der Waals surface area contributed by atoms with E-state index in [0.717, 1.165) is 21.3 Å². The van der Waals surface area contributed by atoms with Crippen molar-refractivity contribution in [3.8, 4) is 21.4 Å². The minimum Gasteiger partial charge on any atom is -0.335 e. The van der Waals surface area contributed by atoms with Gasteiger partial charge in [-0.3, -0.25) is 0 Å². The van der Waals surface area contributed by atoms with Gasteiger partial charge in [0.15, 0.2) is 11.6 Å². The van der Waals surface area contributed by atoms with Gasteiger partial charge in [-0.05, 0) is 34.0 Å². The summed E-state index contributed by atoms with van der Waals surface area (Å²) in [6.07, 6.45) is 0. The molecule has 0 amide bonds. The lowest BCUT2D eigenvalue weighted by Crippen LogP contribution is -2.11. The third kappa shape index (κ3) is 4.39. The Hall–Kier alpha value is -2.80. The predicted molar refractivity (Wildman–Crippen MR) is 133 cm³/mol. The summed E-state index contributed by atoms with van der Waals surface area (Å²) >= 11 is 6.31. The van der Waals surface area contributed by atoms with E-state index in [1.165, 1.54) is 11.1 Å². The Kier molecular flexibility index (Phi) is 6.17. The van der Waals surface area contributed by atoms with Gasteiger partial charge in [0.05, 0.1) is 9.75 Å². The van der Waals surface area contributed by atoms with Crippen LogP contribution in [0.15, 0.2) is 69.6 Å². The number of nitrogens with zero attached hydrogens (tertiary/aromatic N) is 6. The SMILES string of the molecule is Nn1c(SCc2cccc(CSc3nnc(-c4cccs4)n3N)c2)nnc1-c1cccs1. The molecule has 0 atom stereocenters. The molecule has 0 aliphatic heterocycles. The summed E-state index contributed by atoms with van der Waals surface area (Å²) in [5.41, 5.74) is 2.37. The largest absolute Gasteiger partial charge is 0.335 e. The standard InChI is InChI=1S/C20H18N8S4/c21-27-17(15-6-2-8-29-15)23-25-19(27)31-11-13-4-1-5-14(10-13)12-32-20-26-24-18(28(20)22)16-7-3-9-30-16/h1-10H,11-12,21-22H2. The highest BCUT2D eigenvalue weighted by Gasteiger charge is 2.14. The molecule has 0 bridgehead atoms. The van der Waals surface area contributed by atoms with Crippen molar-refractivity contribution >= 4 is 46.2 Å². The Balaban J connectivity index is 1.22. The second-order valence-corrected chi connectivity index (χ2v) is 10.5. The summed E-state index contributed by atoms with van der Waals surface area (Å²) in [4.78, 5) is 2.00. The molecule has 0 fully saturated rings. The number of nitrogens with two attached hydrogens (primary N) is 2. The van der Waals surface area contributed by atoms with Gasteiger partial charge < -0.3 is 11.7 Å². The molecule has 0 saturated carbocycles. The Morgan fingerprint density at radius 2 is 1.19 bits per heavy atom. The second kappa shape index (κ2) is 9.36. The van der Waals surface area contributed by atoms with Crippen LogP contribution in [0.2, 0.25) is 0 Å². The van der Waals surface area contributed by atoms with Gasteiger partial charge in [-0.2, -0.15) is 0 Å². The zero-order valence-corrected chi connectivity index (χ0v) is 19.9. The molecular formula is C20H18N8S4. The molecule has 12 heteroatoms. The molecule has 0 unspecified atom stereocenters. The maximum Gasteiger partial charge on any atom is 0.210 e. The molecule has 32 heavy (non-hydrogen) atoms. The van der Waals surface area contributed by atoms with Crippen LogP contribution < -0.4 is 11.7 Å². The van der Waals surface area contributed by atoms with Crippen LogP contribution >= 0.6 is 46.2 Å². The van der Waals surface area contributed by atoms with Crippen molar-refractivity contribution in [1.29, 1.82) is 0 Å². The van der Waals surface area contributed by atoms with Crippen LogP contribution in [0, 0.1) is 0 Å². The van der Waals surface area contributed by atoms with Gasteiger partial charge in [0, 0.05) is 11.5 Å². The zero-order chi connectivity index (χ0) is 21.9. The van der Waals surface area contributed by atoms with E-state index < -0.39 is 0 Å². The zero-order valence-electron chi connectivity index (χ0n) is 16.7. The molecule has 5 rings (SSSR count). The first-order chi connectivity index (χ1) is 15.7. The Bertz CT molecular complexity index is 1210. The predicted octanol–water partition coefficient (Wildman–Crippen LogP) is 4.34. The number of benzene rings is 1. The fourth-order valence-electron chi connectivity index (χ4n) is 3.00. The van der Waals surface area contributed by atoms with E-state index in [4.69, 9.17) is 11.7 Å². The smallest absolute Gasteiger partial charge is 0.210 e. The second-order valence-electron chi connectivity index (χ2n) is 6.70. The number of hydrogen-bond acceptors (Lipinski definition) is 10. The fourth-order valence-corrected chi connectivity index (χ4v) is 6.01. The summed E-state index contributed by atoms with van der Waals surface area (Å²) < 4.78 is 3.10. The van der Waals surface area contributed by atoms with Crippen LogP contribution in [-0.2, 0) is 11.5 Å². The fraction of sp³-hybridized carbons (Fsp3) is 0.100. The van der Waals surface area contributed by atoms with E-state index in [2.05, 4.69) is 44.7 Å². The monoisotopic (exact) mass is 498 g/mol. The molecular weight excluding hydrogens is 481 g/mol. The number of thioether (sulfide) groups is 2. The maximum atomic E-state index is 6.20. The minimum absolute atomic E-state index is 0.681. The van der Waals surface area contributed by atoms with Crippen molar-refractivity contribution in [2.75, 3.05) is 11.7 Å². The topological polar surface area (TPSA) is 113 Å². The van der Waals surface area contributed by atoms with Gasteiger partial charge in [-0.1, -0.05) is 59.9 Å². The number of thiophene rings is 2.